The Labute approximate surface area is 168 Å². The normalized spacial score (nSPS) is 14.1. The minimum Gasteiger partial charge on any atom is -0.350 e. The van der Waals surface area contributed by atoms with Crippen molar-refractivity contribution in [1.29, 1.82) is 0 Å². The number of rotatable bonds is 4. The van der Waals surface area contributed by atoms with Gasteiger partial charge in [-0.1, -0.05) is 60.1 Å². The number of halogens is 1. The quantitative estimate of drug-likeness (QED) is 0.708. The number of sulfonamides is 1. The molecule has 1 amide bonds. The van der Waals surface area contributed by atoms with E-state index in [1.807, 2.05) is 24.3 Å². The number of carbonyl (C=O) groups is 1. The number of nitrogens with one attached hydrogen (secondary N) is 1. The van der Waals surface area contributed by atoms with Crippen LogP contribution in [0.15, 0.2) is 77.7 Å². The molecule has 5 nitrogen and oxygen atoms in total. The first-order valence-electron chi connectivity index (χ1n) is 8.69. The highest BCUT2D eigenvalue weighted by Crippen LogP contribution is 2.42. The summed E-state index contributed by atoms with van der Waals surface area (Å²) in [6.07, 6.45) is 0. The van der Waals surface area contributed by atoms with Crippen molar-refractivity contribution in [1.82, 2.24) is 5.32 Å². The summed E-state index contributed by atoms with van der Waals surface area (Å²) in [5, 5.41) is 3.39. The fourth-order valence-electron chi connectivity index (χ4n) is 3.24. The van der Waals surface area contributed by atoms with Crippen molar-refractivity contribution in [2.24, 2.45) is 0 Å². The van der Waals surface area contributed by atoms with Crippen molar-refractivity contribution in [2.45, 2.75) is 11.4 Å². The lowest BCUT2D eigenvalue weighted by Crippen LogP contribution is -2.42. The van der Waals surface area contributed by atoms with Crippen LogP contribution in [0.2, 0.25) is 5.02 Å². The molecule has 0 saturated heterocycles. The van der Waals surface area contributed by atoms with E-state index in [1.165, 1.54) is 4.31 Å². The molecule has 4 rings (SSSR count). The van der Waals surface area contributed by atoms with Gasteiger partial charge in [0.05, 0.1) is 10.6 Å². The molecule has 3 aromatic carbocycles. The average Bonchev–Trinajstić information content (AvgIpc) is 2.71. The highest BCUT2D eigenvalue weighted by atomic mass is 35.5. The van der Waals surface area contributed by atoms with Gasteiger partial charge in [-0.15, -0.1) is 0 Å². The minimum atomic E-state index is -3.82. The molecule has 0 aliphatic carbocycles. The van der Waals surface area contributed by atoms with Gasteiger partial charge in [0.15, 0.2) is 0 Å². The number of fused-ring (bicyclic) bond motifs is 3. The molecule has 3 aromatic rings. The zero-order valence-electron chi connectivity index (χ0n) is 14.8. The minimum absolute atomic E-state index is 0.208. The number of hydrogen-bond acceptors (Lipinski definition) is 3. The highest BCUT2D eigenvalue weighted by Gasteiger charge is 2.35. The molecular formula is C21H17ClN2O3S. The lowest BCUT2D eigenvalue weighted by Gasteiger charge is -2.31. The van der Waals surface area contributed by atoms with Crippen molar-refractivity contribution >= 4 is 33.2 Å². The summed E-state index contributed by atoms with van der Waals surface area (Å²) in [7, 11) is -3.82. The monoisotopic (exact) mass is 412 g/mol. The van der Waals surface area contributed by atoms with Gasteiger partial charge in [0.2, 0.25) is 5.91 Å². The van der Waals surface area contributed by atoms with Crippen LogP contribution in [0.3, 0.4) is 0 Å². The van der Waals surface area contributed by atoms with E-state index in [9.17, 15) is 13.2 Å². The van der Waals surface area contributed by atoms with Gasteiger partial charge in [0.25, 0.3) is 10.0 Å². The van der Waals surface area contributed by atoms with E-state index in [2.05, 4.69) is 5.32 Å². The van der Waals surface area contributed by atoms with Gasteiger partial charge < -0.3 is 5.32 Å². The molecule has 0 bridgehead atoms. The van der Waals surface area contributed by atoms with E-state index in [4.69, 9.17) is 11.6 Å². The number of benzene rings is 3. The standard InChI is InChI=1S/C21H17ClN2O3S/c22-16-11-9-15(10-12-16)13-23-21(25)14-24-19-7-3-1-5-17(19)18-6-2-4-8-20(18)28(24,26)27/h1-12H,13-14H2,(H,23,25). The van der Waals surface area contributed by atoms with Gasteiger partial charge in [-0.2, -0.15) is 0 Å². The molecule has 0 spiro atoms. The summed E-state index contributed by atoms with van der Waals surface area (Å²) in [6, 6.07) is 21.1. The summed E-state index contributed by atoms with van der Waals surface area (Å²) in [6.45, 7) is 0.00337. The molecular weight excluding hydrogens is 396 g/mol. The second-order valence-corrected chi connectivity index (χ2v) is 8.70. The molecule has 0 radical (unpaired) electrons. The molecule has 28 heavy (non-hydrogen) atoms. The van der Waals surface area contributed by atoms with Crippen LogP contribution in [0.1, 0.15) is 5.56 Å². The van der Waals surface area contributed by atoms with Gasteiger partial charge in [-0.05, 0) is 29.8 Å². The van der Waals surface area contributed by atoms with E-state index >= 15 is 0 Å². The Morgan fingerprint density at radius 1 is 0.893 bits per heavy atom. The molecule has 7 heteroatoms. The van der Waals surface area contributed by atoms with Gasteiger partial charge in [0.1, 0.15) is 6.54 Å². The summed E-state index contributed by atoms with van der Waals surface area (Å²) in [5.41, 5.74) is 2.82. The van der Waals surface area contributed by atoms with E-state index in [1.54, 1.807) is 48.5 Å². The van der Waals surface area contributed by atoms with E-state index in [-0.39, 0.29) is 17.3 Å². The lowest BCUT2D eigenvalue weighted by molar-refractivity contribution is -0.119. The summed E-state index contributed by atoms with van der Waals surface area (Å²) >= 11 is 5.86. The number of anilines is 1. The van der Waals surface area contributed by atoms with Gasteiger partial charge in [0, 0.05) is 22.7 Å². The molecule has 1 heterocycles. The summed E-state index contributed by atoms with van der Waals surface area (Å²) in [5.74, 6) is -0.382. The Morgan fingerprint density at radius 2 is 1.54 bits per heavy atom. The third-order valence-corrected chi connectivity index (χ3v) is 6.68. The van der Waals surface area contributed by atoms with Crippen molar-refractivity contribution < 1.29 is 13.2 Å². The zero-order chi connectivity index (χ0) is 19.7. The maximum atomic E-state index is 13.1. The predicted octanol–water partition coefficient (Wildman–Crippen LogP) is 3.83. The molecule has 0 saturated carbocycles. The van der Waals surface area contributed by atoms with Crippen LogP contribution >= 0.6 is 11.6 Å². The number of hydrogen-bond donors (Lipinski definition) is 1. The molecule has 0 fully saturated rings. The van der Waals surface area contributed by atoms with E-state index < -0.39 is 10.0 Å². The van der Waals surface area contributed by atoms with Gasteiger partial charge in [-0.3, -0.25) is 9.10 Å². The number of amides is 1. The summed E-state index contributed by atoms with van der Waals surface area (Å²) in [4.78, 5) is 12.7. The topological polar surface area (TPSA) is 66.5 Å². The van der Waals surface area contributed by atoms with Gasteiger partial charge in [-0.25, -0.2) is 8.42 Å². The van der Waals surface area contributed by atoms with Crippen LogP contribution in [0.5, 0.6) is 0 Å². The van der Waals surface area contributed by atoms with Crippen LogP contribution in [0, 0.1) is 0 Å². The van der Waals surface area contributed by atoms with Crippen LogP contribution in [-0.2, 0) is 21.4 Å². The van der Waals surface area contributed by atoms with Crippen LogP contribution in [0.4, 0.5) is 5.69 Å². The molecule has 1 aliphatic heterocycles. The maximum Gasteiger partial charge on any atom is 0.265 e. The van der Waals surface area contributed by atoms with Crippen molar-refractivity contribution in [3.8, 4) is 11.1 Å². The van der Waals surface area contributed by atoms with Crippen molar-refractivity contribution in [3.05, 3.63) is 83.4 Å². The zero-order valence-corrected chi connectivity index (χ0v) is 16.4. The Bertz CT molecular complexity index is 1140. The second-order valence-electron chi connectivity index (χ2n) is 6.43. The first-order chi connectivity index (χ1) is 13.5. The Hall–Kier alpha value is -2.83. The SMILES string of the molecule is O=C(CN1c2ccccc2-c2ccccc2S1(=O)=O)NCc1ccc(Cl)cc1. The molecule has 0 aromatic heterocycles. The average molecular weight is 413 g/mol. The fraction of sp³-hybridized carbons (Fsp3) is 0.0952. The first-order valence-corrected chi connectivity index (χ1v) is 10.5. The molecule has 0 atom stereocenters. The van der Waals surface area contributed by atoms with Crippen LogP contribution in [0.25, 0.3) is 11.1 Å². The second kappa shape index (κ2) is 7.30. The third kappa shape index (κ3) is 3.37. The largest absolute Gasteiger partial charge is 0.350 e. The van der Waals surface area contributed by atoms with E-state index in [0.29, 0.717) is 22.8 Å². The third-order valence-electron chi connectivity index (χ3n) is 4.61. The molecule has 1 aliphatic rings. The van der Waals surface area contributed by atoms with E-state index in [0.717, 1.165) is 11.1 Å². The Balaban J connectivity index is 1.60. The highest BCUT2D eigenvalue weighted by molar-refractivity contribution is 7.93. The van der Waals surface area contributed by atoms with Gasteiger partial charge >= 0.3 is 0 Å². The van der Waals surface area contributed by atoms with Crippen LogP contribution in [-0.4, -0.2) is 20.9 Å². The Kier molecular flexibility index (Phi) is 4.83. The first kappa shape index (κ1) is 18.5. The number of nitrogens with zero attached hydrogens (tertiary/aromatic N) is 1. The smallest absolute Gasteiger partial charge is 0.265 e. The van der Waals surface area contributed by atoms with Crippen LogP contribution < -0.4 is 9.62 Å². The maximum absolute atomic E-state index is 13.1. The number of para-hydroxylation sites is 1. The van der Waals surface area contributed by atoms with Crippen molar-refractivity contribution in [3.63, 3.8) is 0 Å². The number of carbonyl (C=O) groups excluding carboxylic acids is 1. The molecule has 142 valence electrons. The fourth-order valence-corrected chi connectivity index (χ4v) is 5.02. The molecule has 1 N–H and O–H groups in total. The Morgan fingerprint density at radius 3 is 2.29 bits per heavy atom. The molecule has 0 unspecified atom stereocenters. The summed E-state index contributed by atoms with van der Waals surface area (Å²) < 4.78 is 27.5. The lowest BCUT2D eigenvalue weighted by atomic mass is 10.0. The van der Waals surface area contributed by atoms with Crippen molar-refractivity contribution in [2.75, 3.05) is 10.8 Å². The predicted molar refractivity (Wildman–Crippen MR) is 110 cm³/mol.